The van der Waals surface area contributed by atoms with Crippen LogP contribution in [0.1, 0.15) is 23.2 Å². The van der Waals surface area contributed by atoms with Gasteiger partial charge in [-0.2, -0.15) is 0 Å². The molecule has 0 radical (unpaired) electrons. The number of imide groups is 1. The molecule has 138 valence electrons. The van der Waals surface area contributed by atoms with E-state index in [-0.39, 0.29) is 11.8 Å². The molecular formula is C18H21N3O5. The molecule has 0 unspecified atom stereocenters. The molecular weight excluding hydrogens is 338 g/mol. The topological polar surface area (TPSA) is 97.0 Å². The van der Waals surface area contributed by atoms with Gasteiger partial charge in [-0.25, -0.2) is 4.79 Å². The van der Waals surface area contributed by atoms with Crippen LogP contribution in [0.3, 0.4) is 0 Å². The van der Waals surface area contributed by atoms with Gasteiger partial charge in [-0.1, -0.05) is 12.7 Å². The van der Waals surface area contributed by atoms with E-state index in [1.807, 2.05) is 0 Å². The van der Waals surface area contributed by atoms with Crippen molar-refractivity contribution in [2.45, 2.75) is 18.4 Å². The SMILES string of the molecule is C=CCOc1ccc(C(=O)N2CCC3(CC2)NC(=O)NC3=O)cc1OC. The first kappa shape index (κ1) is 17.8. The van der Waals surface area contributed by atoms with Crippen molar-refractivity contribution in [3.8, 4) is 11.5 Å². The van der Waals surface area contributed by atoms with Gasteiger partial charge in [-0.05, 0) is 31.0 Å². The predicted molar refractivity (Wildman–Crippen MR) is 93.2 cm³/mol. The minimum Gasteiger partial charge on any atom is -0.493 e. The molecule has 1 aromatic carbocycles. The number of carbonyl (C=O) groups is 3. The summed E-state index contributed by atoms with van der Waals surface area (Å²) in [5.41, 5.74) is -0.419. The highest BCUT2D eigenvalue weighted by Gasteiger charge is 2.48. The molecule has 0 aromatic heterocycles. The standard InChI is InChI=1S/C18H21N3O5/c1-3-10-26-13-5-4-12(11-14(13)25-2)15(22)21-8-6-18(7-9-21)16(23)19-17(24)20-18/h3-5,11H,1,6-10H2,2H3,(H2,19,20,23,24). The lowest BCUT2D eigenvalue weighted by molar-refractivity contribution is -0.125. The zero-order chi connectivity index (χ0) is 18.7. The highest BCUT2D eigenvalue weighted by Crippen LogP contribution is 2.30. The van der Waals surface area contributed by atoms with E-state index in [1.165, 1.54) is 7.11 Å². The normalized spacial score (nSPS) is 18.3. The van der Waals surface area contributed by atoms with Crippen molar-refractivity contribution in [3.63, 3.8) is 0 Å². The van der Waals surface area contributed by atoms with Gasteiger partial charge in [0.1, 0.15) is 12.1 Å². The average molecular weight is 359 g/mol. The second-order valence-corrected chi connectivity index (χ2v) is 6.25. The number of likely N-dealkylation sites (tertiary alicyclic amines) is 1. The van der Waals surface area contributed by atoms with Crippen LogP contribution < -0.4 is 20.1 Å². The van der Waals surface area contributed by atoms with Gasteiger partial charge in [0.05, 0.1) is 7.11 Å². The van der Waals surface area contributed by atoms with Crippen LogP contribution >= 0.6 is 0 Å². The van der Waals surface area contributed by atoms with Crippen LogP contribution in [-0.2, 0) is 4.79 Å². The molecule has 26 heavy (non-hydrogen) atoms. The summed E-state index contributed by atoms with van der Waals surface area (Å²) in [4.78, 5) is 37.8. The number of hydrogen-bond donors (Lipinski definition) is 2. The molecule has 4 amide bonds. The molecule has 2 aliphatic rings. The van der Waals surface area contributed by atoms with Crippen molar-refractivity contribution < 1.29 is 23.9 Å². The third kappa shape index (κ3) is 3.22. The molecule has 2 fully saturated rings. The Hall–Kier alpha value is -3.03. The van der Waals surface area contributed by atoms with Crippen LogP contribution in [0.15, 0.2) is 30.9 Å². The number of carbonyl (C=O) groups excluding carboxylic acids is 3. The van der Waals surface area contributed by atoms with Gasteiger partial charge in [0, 0.05) is 18.7 Å². The van der Waals surface area contributed by atoms with E-state index in [4.69, 9.17) is 9.47 Å². The largest absolute Gasteiger partial charge is 0.493 e. The summed E-state index contributed by atoms with van der Waals surface area (Å²) in [5.74, 6) is 0.527. The molecule has 2 heterocycles. The molecule has 1 aromatic rings. The molecule has 2 aliphatic heterocycles. The minimum atomic E-state index is -0.895. The number of benzene rings is 1. The van der Waals surface area contributed by atoms with E-state index >= 15 is 0 Å². The number of nitrogens with one attached hydrogen (secondary N) is 2. The number of nitrogens with zero attached hydrogens (tertiary/aromatic N) is 1. The molecule has 2 N–H and O–H groups in total. The minimum absolute atomic E-state index is 0.154. The number of hydrogen-bond acceptors (Lipinski definition) is 5. The van der Waals surface area contributed by atoms with Crippen LogP contribution in [0.25, 0.3) is 0 Å². The van der Waals surface area contributed by atoms with Gasteiger partial charge in [0.15, 0.2) is 11.5 Å². The molecule has 2 saturated heterocycles. The number of amides is 4. The van der Waals surface area contributed by atoms with Crippen molar-refractivity contribution >= 4 is 17.8 Å². The third-order valence-corrected chi connectivity index (χ3v) is 4.69. The summed E-state index contributed by atoms with van der Waals surface area (Å²) in [6, 6.07) is 4.52. The molecule has 0 aliphatic carbocycles. The van der Waals surface area contributed by atoms with Crippen LogP contribution in [0.4, 0.5) is 4.79 Å². The predicted octanol–water partition coefficient (Wildman–Crippen LogP) is 1.07. The fourth-order valence-corrected chi connectivity index (χ4v) is 3.22. The van der Waals surface area contributed by atoms with Gasteiger partial charge in [0.2, 0.25) is 0 Å². The molecule has 8 nitrogen and oxygen atoms in total. The smallest absolute Gasteiger partial charge is 0.322 e. The van der Waals surface area contributed by atoms with Crippen LogP contribution in [0.2, 0.25) is 0 Å². The third-order valence-electron chi connectivity index (χ3n) is 4.69. The van der Waals surface area contributed by atoms with Crippen molar-refractivity contribution in [1.82, 2.24) is 15.5 Å². The zero-order valence-corrected chi connectivity index (χ0v) is 14.5. The Bertz CT molecular complexity index is 753. The molecule has 3 rings (SSSR count). The summed E-state index contributed by atoms with van der Waals surface area (Å²) in [6.45, 7) is 4.69. The van der Waals surface area contributed by atoms with Crippen molar-refractivity contribution in [1.29, 1.82) is 0 Å². The summed E-state index contributed by atoms with van der Waals surface area (Å²) in [5, 5.41) is 4.94. The lowest BCUT2D eigenvalue weighted by atomic mass is 9.87. The Balaban J connectivity index is 1.69. The Morgan fingerprint density at radius 2 is 2.04 bits per heavy atom. The molecule has 8 heteroatoms. The summed E-state index contributed by atoms with van der Waals surface area (Å²) in [6.07, 6.45) is 2.39. The Kier molecular flexibility index (Phi) is 4.83. The van der Waals surface area contributed by atoms with Crippen molar-refractivity contribution in [3.05, 3.63) is 36.4 Å². The first-order valence-corrected chi connectivity index (χ1v) is 8.34. The van der Waals surface area contributed by atoms with E-state index in [2.05, 4.69) is 17.2 Å². The van der Waals surface area contributed by atoms with Crippen LogP contribution in [0.5, 0.6) is 11.5 Å². The number of methoxy groups -OCH3 is 1. The second kappa shape index (κ2) is 7.07. The lowest BCUT2D eigenvalue weighted by Gasteiger charge is -2.37. The van der Waals surface area contributed by atoms with Gasteiger partial charge >= 0.3 is 6.03 Å². The maximum atomic E-state index is 12.8. The van der Waals surface area contributed by atoms with Crippen LogP contribution in [0, 0.1) is 0 Å². The monoisotopic (exact) mass is 359 g/mol. The van der Waals surface area contributed by atoms with E-state index in [0.717, 1.165) is 0 Å². The Morgan fingerprint density at radius 3 is 2.62 bits per heavy atom. The van der Waals surface area contributed by atoms with Crippen LogP contribution in [-0.4, -0.2) is 55.1 Å². The van der Waals surface area contributed by atoms with E-state index < -0.39 is 11.6 Å². The quantitative estimate of drug-likeness (QED) is 0.606. The van der Waals surface area contributed by atoms with Crippen molar-refractivity contribution in [2.24, 2.45) is 0 Å². The Morgan fingerprint density at radius 1 is 1.31 bits per heavy atom. The maximum Gasteiger partial charge on any atom is 0.322 e. The fraction of sp³-hybridized carbons (Fsp3) is 0.389. The average Bonchev–Trinajstić information content (AvgIpc) is 2.92. The molecule has 0 saturated carbocycles. The number of urea groups is 1. The maximum absolute atomic E-state index is 12.8. The highest BCUT2D eigenvalue weighted by atomic mass is 16.5. The molecule has 1 spiro atoms. The summed E-state index contributed by atoms with van der Waals surface area (Å²) < 4.78 is 10.8. The van der Waals surface area contributed by atoms with E-state index in [9.17, 15) is 14.4 Å². The molecule has 0 bridgehead atoms. The van der Waals surface area contributed by atoms with E-state index in [1.54, 1.807) is 29.2 Å². The number of rotatable bonds is 5. The van der Waals surface area contributed by atoms with Gasteiger partial charge in [-0.15, -0.1) is 0 Å². The Labute approximate surface area is 151 Å². The highest BCUT2D eigenvalue weighted by molar-refractivity contribution is 6.07. The van der Waals surface area contributed by atoms with Gasteiger partial charge < -0.3 is 19.7 Å². The second-order valence-electron chi connectivity index (χ2n) is 6.25. The lowest BCUT2D eigenvalue weighted by Crippen LogP contribution is -2.55. The summed E-state index contributed by atoms with van der Waals surface area (Å²) >= 11 is 0. The zero-order valence-electron chi connectivity index (χ0n) is 14.5. The number of piperidine rings is 1. The fourth-order valence-electron chi connectivity index (χ4n) is 3.22. The van der Waals surface area contributed by atoms with Gasteiger partial charge in [0.25, 0.3) is 11.8 Å². The summed E-state index contributed by atoms with van der Waals surface area (Å²) in [7, 11) is 1.51. The van der Waals surface area contributed by atoms with Crippen molar-refractivity contribution in [2.75, 3.05) is 26.8 Å². The first-order chi connectivity index (χ1) is 12.5. The van der Waals surface area contributed by atoms with E-state index in [0.29, 0.717) is 49.6 Å². The number of ether oxygens (including phenoxy) is 2. The first-order valence-electron chi connectivity index (χ1n) is 8.34. The molecule has 0 atom stereocenters. The van der Waals surface area contributed by atoms with Gasteiger partial charge in [-0.3, -0.25) is 14.9 Å².